The van der Waals surface area contributed by atoms with Crippen LogP contribution in [-0.2, 0) is 6.42 Å². The highest BCUT2D eigenvalue weighted by Crippen LogP contribution is 2.20. The maximum absolute atomic E-state index is 12.9. The largest absolute Gasteiger partial charge is 0.271 e. The van der Waals surface area contributed by atoms with E-state index in [0.29, 0.717) is 0 Å². The number of hydrazine groups is 1. The summed E-state index contributed by atoms with van der Waals surface area (Å²) in [5, 5.41) is 0. The molecule has 0 spiro atoms. The molecule has 2 nitrogen and oxygen atoms in total. The first kappa shape index (κ1) is 14.0. The van der Waals surface area contributed by atoms with Gasteiger partial charge in [0.15, 0.2) is 0 Å². The predicted molar refractivity (Wildman–Crippen MR) is 71.9 cm³/mol. The molecule has 1 unspecified atom stereocenters. The molecule has 1 rings (SSSR count). The Morgan fingerprint density at radius 3 is 2.88 bits per heavy atom. The molecule has 0 saturated heterocycles. The van der Waals surface area contributed by atoms with E-state index in [1.165, 1.54) is 12.1 Å². The fraction of sp³-hybridized carbons (Fsp3) is 0.455. The van der Waals surface area contributed by atoms with Gasteiger partial charge >= 0.3 is 0 Å². The molecule has 0 bridgehead atoms. The van der Waals surface area contributed by atoms with Gasteiger partial charge in [-0.15, -0.1) is 0 Å². The van der Waals surface area contributed by atoms with Gasteiger partial charge in [-0.25, -0.2) is 4.39 Å². The topological polar surface area (TPSA) is 38.0 Å². The fourth-order valence-electron chi connectivity index (χ4n) is 1.38. The highest BCUT2D eigenvalue weighted by Gasteiger charge is 2.10. The monoisotopic (exact) mass is 306 g/mol. The first-order valence-electron chi connectivity index (χ1n) is 5.15. The normalized spacial score (nSPS) is 12.8. The summed E-state index contributed by atoms with van der Waals surface area (Å²) in [5.41, 5.74) is 3.86. The van der Waals surface area contributed by atoms with E-state index in [2.05, 4.69) is 28.3 Å². The maximum Gasteiger partial charge on any atom is 0.124 e. The van der Waals surface area contributed by atoms with Crippen molar-refractivity contribution < 1.29 is 4.39 Å². The molecule has 0 radical (unpaired) electrons. The van der Waals surface area contributed by atoms with Crippen molar-refractivity contribution in [3.05, 3.63) is 34.1 Å². The van der Waals surface area contributed by atoms with Gasteiger partial charge in [0, 0.05) is 16.3 Å². The Hall–Kier alpha value is -0.100. The number of halogens is 2. The van der Waals surface area contributed by atoms with Crippen LogP contribution in [0, 0.1) is 5.82 Å². The van der Waals surface area contributed by atoms with Gasteiger partial charge in [0.1, 0.15) is 5.82 Å². The van der Waals surface area contributed by atoms with Gasteiger partial charge in [-0.2, -0.15) is 11.8 Å². The Bertz CT molecular complexity index is 336. The molecule has 0 saturated carbocycles. The third-order valence-electron chi connectivity index (χ3n) is 2.24. The van der Waals surface area contributed by atoms with Crippen LogP contribution in [0.2, 0.25) is 0 Å². The zero-order valence-corrected chi connectivity index (χ0v) is 11.6. The van der Waals surface area contributed by atoms with Crippen molar-refractivity contribution in [3.8, 4) is 0 Å². The second kappa shape index (κ2) is 7.27. The Morgan fingerprint density at radius 2 is 2.31 bits per heavy atom. The summed E-state index contributed by atoms with van der Waals surface area (Å²) in [6.07, 6.45) is 0.796. The number of nitrogens with two attached hydrogens (primary N) is 1. The molecule has 1 atom stereocenters. The van der Waals surface area contributed by atoms with Crippen molar-refractivity contribution in [2.24, 2.45) is 5.84 Å². The SMILES string of the molecule is CCSCC(Cc1ccc(F)cc1Br)NN. The Kier molecular flexibility index (Phi) is 6.34. The van der Waals surface area contributed by atoms with Crippen LogP contribution in [0.15, 0.2) is 22.7 Å². The molecule has 1 aromatic carbocycles. The van der Waals surface area contributed by atoms with E-state index >= 15 is 0 Å². The van der Waals surface area contributed by atoms with E-state index in [4.69, 9.17) is 5.84 Å². The van der Waals surface area contributed by atoms with Gasteiger partial charge in [0.2, 0.25) is 0 Å². The maximum atomic E-state index is 12.9. The van der Waals surface area contributed by atoms with Gasteiger partial charge in [-0.05, 0) is 29.9 Å². The van der Waals surface area contributed by atoms with Gasteiger partial charge in [-0.1, -0.05) is 28.9 Å². The minimum Gasteiger partial charge on any atom is -0.271 e. The van der Waals surface area contributed by atoms with Crippen molar-refractivity contribution in [2.75, 3.05) is 11.5 Å². The molecule has 16 heavy (non-hydrogen) atoms. The molecule has 0 aliphatic rings. The van der Waals surface area contributed by atoms with E-state index in [-0.39, 0.29) is 11.9 Å². The summed E-state index contributed by atoms with van der Waals surface area (Å²) >= 11 is 5.19. The van der Waals surface area contributed by atoms with Crippen molar-refractivity contribution in [1.82, 2.24) is 5.43 Å². The summed E-state index contributed by atoms with van der Waals surface area (Å²) in [7, 11) is 0. The molecule has 1 aromatic rings. The number of hydrogen-bond acceptors (Lipinski definition) is 3. The van der Waals surface area contributed by atoms with Crippen LogP contribution in [-0.4, -0.2) is 17.5 Å². The summed E-state index contributed by atoms with van der Waals surface area (Å²) in [4.78, 5) is 0. The minimum absolute atomic E-state index is 0.215. The molecule has 3 N–H and O–H groups in total. The standard InChI is InChI=1S/C11H16BrFN2S/c1-2-16-7-10(15-14)5-8-3-4-9(13)6-11(8)12/h3-4,6,10,15H,2,5,7,14H2,1H3. The molecule has 0 aromatic heterocycles. The lowest BCUT2D eigenvalue weighted by Crippen LogP contribution is -2.38. The van der Waals surface area contributed by atoms with Gasteiger partial charge in [0.25, 0.3) is 0 Å². The Balaban J connectivity index is 2.62. The summed E-state index contributed by atoms with van der Waals surface area (Å²) in [5.74, 6) is 7.29. The lowest BCUT2D eigenvalue weighted by molar-refractivity contribution is 0.572. The van der Waals surface area contributed by atoms with Crippen molar-refractivity contribution >= 4 is 27.7 Å². The van der Waals surface area contributed by atoms with E-state index < -0.39 is 0 Å². The summed E-state index contributed by atoms with van der Waals surface area (Å²) in [6.45, 7) is 2.12. The molecule has 0 fully saturated rings. The number of benzene rings is 1. The second-order valence-electron chi connectivity index (χ2n) is 3.46. The summed E-state index contributed by atoms with van der Waals surface area (Å²) < 4.78 is 13.7. The van der Waals surface area contributed by atoms with Gasteiger partial charge in [0.05, 0.1) is 0 Å². The quantitative estimate of drug-likeness (QED) is 0.627. The molecule has 5 heteroatoms. The van der Waals surface area contributed by atoms with Gasteiger partial charge < -0.3 is 0 Å². The zero-order valence-electron chi connectivity index (χ0n) is 9.17. The van der Waals surface area contributed by atoms with Crippen molar-refractivity contribution in [3.63, 3.8) is 0 Å². The predicted octanol–water partition coefficient (Wildman–Crippen LogP) is 2.72. The average molecular weight is 307 g/mol. The molecule has 0 heterocycles. The molecule has 0 amide bonds. The third kappa shape index (κ3) is 4.41. The van der Waals surface area contributed by atoms with Crippen LogP contribution in [0.1, 0.15) is 12.5 Å². The lowest BCUT2D eigenvalue weighted by atomic mass is 10.1. The van der Waals surface area contributed by atoms with Crippen LogP contribution in [0.3, 0.4) is 0 Å². The second-order valence-corrected chi connectivity index (χ2v) is 5.64. The van der Waals surface area contributed by atoms with Crippen LogP contribution in [0.4, 0.5) is 4.39 Å². The smallest absolute Gasteiger partial charge is 0.124 e. The number of thioether (sulfide) groups is 1. The highest BCUT2D eigenvalue weighted by atomic mass is 79.9. The van der Waals surface area contributed by atoms with Crippen LogP contribution in [0.25, 0.3) is 0 Å². The summed E-state index contributed by atoms with van der Waals surface area (Å²) in [6, 6.07) is 4.96. The number of rotatable bonds is 6. The van der Waals surface area contributed by atoms with E-state index in [9.17, 15) is 4.39 Å². The van der Waals surface area contributed by atoms with E-state index in [1.54, 1.807) is 6.07 Å². The molecule has 0 aliphatic carbocycles. The molecular formula is C11H16BrFN2S. The highest BCUT2D eigenvalue weighted by molar-refractivity contribution is 9.10. The first-order chi connectivity index (χ1) is 7.67. The fourth-order valence-corrected chi connectivity index (χ4v) is 2.63. The molecule has 0 aliphatic heterocycles. The van der Waals surface area contributed by atoms with E-state index in [1.807, 2.05) is 11.8 Å². The Labute approximate surface area is 108 Å². The Morgan fingerprint density at radius 1 is 1.56 bits per heavy atom. The minimum atomic E-state index is -0.226. The third-order valence-corrected chi connectivity index (χ3v) is 4.02. The first-order valence-corrected chi connectivity index (χ1v) is 7.10. The van der Waals surface area contributed by atoms with Crippen molar-refractivity contribution in [1.29, 1.82) is 0 Å². The lowest BCUT2D eigenvalue weighted by Gasteiger charge is -2.16. The van der Waals surface area contributed by atoms with Crippen LogP contribution < -0.4 is 11.3 Å². The average Bonchev–Trinajstić information content (AvgIpc) is 2.27. The number of nitrogens with one attached hydrogen (secondary N) is 1. The zero-order chi connectivity index (χ0) is 12.0. The van der Waals surface area contributed by atoms with E-state index in [0.717, 1.165) is 28.0 Å². The van der Waals surface area contributed by atoms with Crippen molar-refractivity contribution in [2.45, 2.75) is 19.4 Å². The van der Waals surface area contributed by atoms with Gasteiger partial charge in [-0.3, -0.25) is 11.3 Å². The van der Waals surface area contributed by atoms with Crippen LogP contribution in [0.5, 0.6) is 0 Å². The molecular weight excluding hydrogens is 291 g/mol. The van der Waals surface area contributed by atoms with Crippen LogP contribution >= 0.6 is 27.7 Å². The number of hydrogen-bond donors (Lipinski definition) is 2. The molecule has 90 valence electrons.